The van der Waals surface area contributed by atoms with Gasteiger partial charge in [-0.3, -0.25) is 0 Å². The van der Waals surface area contributed by atoms with Crippen molar-refractivity contribution in [2.24, 2.45) is 0 Å². The molecular formula is C19H42BrP. The Bertz CT molecular complexity index is 232. The van der Waals surface area contributed by atoms with Gasteiger partial charge < -0.3 is 0 Å². The summed E-state index contributed by atoms with van der Waals surface area (Å²) in [7, 11) is 0. The van der Waals surface area contributed by atoms with Crippen LogP contribution in [0.2, 0.25) is 0 Å². The van der Waals surface area contributed by atoms with Crippen molar-refractivity contribution in [1.82, 2.24) is 0 Å². The molecule has 0 aromatic heterocycles. The molecule has 0 aromatic rings. The van der Waals surface area contributed by atoms with Gasteiger partial charge in [0.05, 0.1) is 0 Å². The van der Waals surface area contributed by atoms with Crippen LogP contribution in [0, 0.1) is 0 Å². The monoisotopic (exact) mass is 380 g/mol. The fraction of sp³-hybridized carbons (Fsp3) is 1.00. The normalized spacial score (nSPS) is 15.6. The van der Waals surface area contributed by atoms with Crippen molar-refractivity contribution < 1.29 is 0 Å². The Labute approximate surface area is 143 Å². The fourth-order valence-corrected chi connectivity index (χ4v) is 4.39. The van der Waals surface area contributed by atoms with E-state index in [9.17, 15) is 0 Å². The first-order valence-corrected chi connectivity index (χ1v) is 15.1. The Morgan fingerprint density at radius 2 is 1.00 bits per heavy atom. The zero-order chi connectivity index (χ0) is 16.2. The number of hydrogen-bond donors (Lipinski definition) is 0. The molecule has 0 nitrogen and oxygen atoms in total. The Hall–Kier alpha value is 0.910. The zero-order valence-corrected chi connectivity index (χ0v) is 18.1. The van der Waals surface area contributed by atoms with E-state index in [2.05, 4.69) is 49.3 Å². The van der Waals surface area contributed by atoms with E-state index in [1.165, 1.54) is 83.5 Å². The molecule has 0 amide bonds. The summed E-state index contributed by atoms with van der Waals surface area (Å²) in [5.74, 6) is 0. The van der Waals surface area contributed by atoms with Crippen LogP contribution in [-0.4, -0.2) is 25.7 Å². The number of hydrogen-bond acceptors (Lipinski definition) is 0. The Morgan fingerprint density at radius 1 is 0.667 bits per heavy atom. The van der Waals surface area contributed by atoms with Gasteiger partial charge in [0.15, 0.2) is 0 Å². The van der Waals surface area contributed by atoms with Gasteiger partial charge in [0, 0.05) is 0 Å². The zero-order valence-electron chi connectivity index (χ0n) is 15.6. The van der Waals surface area contributed by atoms with Crippen LogP contribution >= 0.6 is 20.8 Å². The number of rotatable bonds is 14. The molecule has 0 aliphatic heterocycles. The first kappa shape index (κ1) is 21.9. The second-order valence-corrected chi connectivity index (χ2v) is 22.2. The van der Waals surface area contributed by atoms with E-state index in [1.54, 1.807) is 0 Å². The topological polar surface area (TPSA) is 0 Å². The molecule has 0 heterocycles. The molecule has 0 radical (unpaired) electrons. The van der Waals surface area contributed by atoms with Gasteiger partial charge in [-0.1, -0.05) is 19.8 Å². The van der Waals surface area contributed by atoms with Gasteiger partial charge >= 0.3 is 124 Å². The summed E-state index contributed by atoms with van der Waals surface area (Å²) in [4.78, 5) is 0. The number of halogens is 1. The second-order valence-electron chi connectivity index (χ2n) is 8.25. The van der Waals surface area contributed by atoms with Crippen LogP contribution in [0.15, 0.2) is 0 Å². The van der Waals surface area contributed by atoms with Gasteiger partial charge in [-0.2, -0.15) is 0 Å². The van der Waals surface area contributed by atoms with Crippen molar-refractivity contribution >= 4 is 20.8 Å². The van der Waals surface area contributed by atoms with Gasteiger partial charge in [0.2, 0.25) is 0 Å². The van der Waals surface area contributed by atoms with Crippen molar-refractivity contribution in [1.29, 1.82) is 0 Å². The summed E-state index contributed by atoms with van der Waals surface area (Å²) in [5.41, 5.74) is 0.860. The van der Waals surface area contributed by atoms with Crippen LogP contribution in [0.4, 0.5) is 0 Å². The molecule has 0 aromatic carbocycles. The van der Waals surface area contributed by atoms with Crippen LogP contribution < -0.4 is 0 Å². The third kappa shape index (κ3) is 14.2. The molecule has 0 spiro atoms. The molecular weight excluding hydrogens is 339 g/mol. The van der Waals surface area contributed by atoms with E-state index in [1.807, 2.05) is 0 Å². The quantitative estimate of drug-likeness (QED) is 0.210. The molecule has 0 fully saturated rings. The molecule has 130 valence electrons. The molecule has 0 bridgehead atoms. The molecule has 2 heteroatoms. The standard InChI is InChI=1S/C19H42BrP/c1-6-7-8-9-10-11-12-13-14-15-16-17-18-19(2)21(3,4,5)20/h19H,6-18H2,1-5H3. The molecule has 0 saturated heterocycles. The van der Waals surface area contributed by atoms with Crippen molar-refractivity contribution in [2.45, 2.75) is 103 Å². The molecule has 21 heavy (non-hydrogen) atoms. The van der Waals surface area contributed by atoms with Crippen LogP contribution in [0.1, 0.15) is 97.3 Å². The summed E-state index contributed by atoms with van der Waals surface area (Å²) in [6.45, 7) is 12.1. The minimum atomic E-state index is -1.51. The molecule has 0 rings (SSSR count). The molecule has 0 aliphatic carbocycles. The second kappa shape index (κ2) is 11.4. The van der Waals surface area contributed by atoms with Crippen LogP contribution in [0.25, 0.3) is 0 Å². The van der Waals surface area contributed by atoms with E-state index >= 15 is 0 Å². The van der Waals surface area contributed by atoms with Crippen molar-refractivity contribution in [2.75, 3.05) is 20.0 Å². The Morgan fingerprint density at radius 3 is 1.33 bits per heavy atom. The third-order valence-electron chi connectivity index (χ3n) is 4.96. The SMILES string of the molecule is CCCCCCCCCCCCCCC(C)P(C)(C)(C)Br. The maximum atomic E-state index is 4.01. The van der Waals surface area contributed by atoms with Gasteiger partial charge in [-0.15, -0.1) is 0 Å². The minimum absolute atomic E-state index is 0.860. The van der Waals surface area contributed by atoms with Crippen LogP contribution in [0.5, 0.6) is 0 Å². The average molecular weight is 381 g/mol. The Balaban J connectivity index is 3.27. The summed E-state index contributed by atoms with van der Waals surface area (Å²) in [6, 6.07) is 0. The van der Waals surface area contributed by atoms with Crippen molar-refractivity contribution in [3.63, 3.8) is 0 Å². The predicted molar refractivity (Wildman–Crippen MR) is 109 cm³/mol. The molecule has 1 atom stereocenters. The van der Waals surface area contributed by atoms with E-state index < -0.39 is 5.31 Å². The summed E-state index contributed by atoms with van der Waals surface area (Å²) in [6.07, 6.45) is 18.8. The van der Waals surface area contributed by atoms with Crippen molar-refractivity contribution in [3.8, 4) is 0 Å². The third-order valence-corrected chi connectivity index (χ3v) is 10.3. The van der Waals surface area contributed by atoms with Crippen molar-refractivity contribution in [3.05, 3.63) is 0 Å². The predicted octanol–water partition coefficient (Wildman–Crippen LogP) is 8.22. The Kier molecular flexibility index (Phi) is 11.9. The van der Waals surface area contributed by atoms with Gasteiger partial charge in [-0.25, -0.2) is 0 Å². The molecule has 0 aliphatic rings. The van der Waals surface area contributed by atoms with E-state index in [4.69, 9.17) is 0 Å². The van der Waals surface area contributed by atoms with E-state index in [-0.39, 0.29) is 0 Å². The van der Waals surface area contributed by atoms with Gasteiger partial charge in [0.1, 0.15) is 0 Å². The fourth-order valence-electron chi connectivity index (χ4n) is 2.72. The van der Waals surface area contributed by atoms with E-state index in [0.29, 0.717) is 0 Å². The van der Waals surface area contributed by atoms with Crippen LogP contribution in [0.3, 0.4) is 0 Å². The molecule has 0 N–H and O–H groups in total. The van der Waals surface area contributed by atoms with Gasteiger partial charge in [0.25, 0.3) is 0 Å². The van der Waals surface area contributed by atoms with Gasteiger partial charge in [-0.05, 0) is 0 Å². The maximum absolute atomic E-state index is 4.01. The average Bonchev–Trinajstić information content (AvgIpc) is 2.37. The van der Waals surface area contributed by atoms with E-state index in [0.717, 1.165) is 5.66 Å². The first-order valence-electron chi connectivity index (χ1n) is 9.46. The molecule has 0 saturated carbocycles. The first-order chi connectivity index (χ1) is 9.74. The summed E-state index contributed by atoms with van der Waals surface area (Å²) < 4.78 is 0. The summed E-state index contributed by atoms with van der Waals surface area (Å²) in [5, 5.41) is -1.51. The number of unbranched alkanes of at least 4 members (excludes halogenated alkanes) is 11. The molecule has 1 unspecified atom stereocenters. The summed E-state index contributed by atoms with van der Waals surface area (Å²) >= 11 is 4.01. The van der Waals surface area contributed by atoms with Crippen LogP contribution in [-0.2, 0) is 0 Å².